The number of amides is 1. The molecule has 0 aromatic carbocycles. The van der Waals surface area contributed by atoms with E-state index in [1.807, 2.05) is 11.0 Å². The Morgan fingerprint density at radius 3 is 3.00 bits per heavy atom. The lowest BCUT2D eigenvalue weighted by Gasteiger charge is -2.28. The predicted octanol–water partition coefficient (Wildman–Crippen LogP) is 2.28. The molecule has 1 saturated carbocycles. The van der Waals surface area contributed by atoms with Crippen molar-refractivity contribution in [2.45, 2.75) is 26.3 Å². The first-order valence-electron chi connectivity index (χ1n) is 6.08. The number of hydrogen-bond acceptors (Lipinski definition) is 2. The predicted molar refractivity (Wildman–Crippen MR) is 65.6 cm³/mol. The van der Waals surface area contributed by atoms with Crippen LogP contribution >= 0.6 is 11.6 Å². The Kier molecular flexibility index (Phi) is 2.58. The second-order valence-electron chi connectivity index (χ2n) is 5.07. The smallest absolute Gasteiger partial charge is 0.226 e. The fraction of sp³-hybridized carbons (Fsp3) is 0.538. The SMILES string of the molecule is CC1CC1C(=O)N1CCc2nc(Cl)ccc2C1. The summed E-state index contributed by atoms with van der Waals surface area (Å²) < 4.78 is 0. The van der Waals surface area contributed by atoms with Gasteiger partial charge in [0.15, 0.2) is 0 Å². The quantitative estimate of drug-likeness (QED) is 0.717. The lowest BCUT2D eigenvalue weighted by molar-refractivity contribution is -0.133. The fourth-order valence-corrected chi connectivity index (χ4v) is 2.64. The van der Waals surface area contributed by atoms with Crippen LogP contribution in [0, 0.1) is 11.8 Å². The van der Waals surface area contributed by atoms with Crippen molar-refractivity contribution in [3.8, 4) is 0 Å². The Bertz CT molecular complexity index is 474. The lowest BCUT2D eigenvalue weighted by atomic mass is 10.1. The second-order valence-corrected chi connectivity index (χ2v) is 5.46. The van der Waals surface area contributed by atoms with Crippen LogP contribution in [0.5, 0.6) is 0 Å². The van der Waals surface area contributed by atoms with E-state index in [1.165, 1.54) is 0 Å². The molecule has 1 aliphatic carbocycles. The number of aromatic nitrogens is 1. The maximum absolute atomic E-state index is 12.1. The molecule has 0 radical (unpaired) electrons. The maximum Gasteiger partial charge on any atom is 0.226 e. The van der Waals surface area contributed by atoms with E-state index in [-0.39, 0.29) is 5.92 Å². The molecule has 2 atom stereocenters. The number of fused-ring (bicyclic) bond motifs is 1. The molecule has 1 amide bonds. The molecule has 90 valence electrons. The summed E-state index contributed by atoms with van der Waals surface area (Å²) in [5.41, 5.74) is 2.19. The van der Waals surface area contributed by atoms with Crippen molar-refractivity contribution in [2.75, 3.05) is 6.54 Å². The van der Waals surface area contributed by atoms with Gasteiger partial charge < -0.3 is 4.90 Å². The van der Waals surface area contributed by atoms with Crippen molar-refractivity contribution >= 4 is 17.5 Å². The van der Waals surface area contributed by atoms with Gasteiger partial charge >= 0.3 is 0 Å². The number of pyridine rings is 1. The normalized spacial score (nSPS) is 26.6. The minimum absolute atomic E-state index is 0.275. The van der Waals surface area contributed by atoms with Gasteiger partial charge in [-0.15, -0.1) is 0 Å². The average Bonchev–Trinajstić information content (AvgIpc) is 3.05. The van der Waals surface area contributed by atoms with Crippen LogP contribution in [-0.4, -0.2) is 22.3 Å². The minimum atomic E-state index is 0.275. The molecule has 3 nitrogen and oxygen atoms in total. The van der Waals surface area contributed by atoms with Crippen LogP contribution in [0.3, 0.4) is 0 Å². The number of carbonyl (C=O) groups is 1. The molecule has 0 bridgehead atoms. The van der Waals surface area contributed by atoms with E-state index in [4.69, 9.17) is 11.6 Å². The second kappa shape index (κ2) is 3.98. The molecule has 1 aromatic rings. The molecule has 0 saturated heterocycles. The highest BCUT2D eigenvalue weighted by Gasteiger charge is 2.42. The van der Waals surface area contributed by atoms with Gasteiger partial charge in [-0.3, -0.25) is 4.79 Å². The third kappa shape index (κ3) is 2.04. The van der Waals surface area contributed by atoms with E-state index >= 15 is 0 Å². The number of nitrogens with zero attached hydrogens (tertiary/aromatic N) is 2. The summed E-state index contributed by atoms with van der Waals surface area (Å²) in [7, 11) is 0. The summed E-state index contributed by atoms with van der Waals surface area (Å²) in [6.07, 6.45) is 1.88. The van der Waals surface area contributed by atoms with Crippen LogP contribution in [0.2, 0.25) is 5.15 Å². The monoisotopic (exact) mass is 250 g/mol. The number of carbonyl (C=O) groups excluding carboxylic acids is 1. The van der Waals surface area contributed by atoms with Crippen LogP contribution in [0.1, 0.15) is 24.6 Å². The highest BCUT2D eigenvalue weighted by atomic mass is 35.5. The van der Waals surface area contributed by atoms with Crippen LogP contribution in [0.4, 0.5) is 0 Å². The molecule has 2 aliphatic rings. The standard InChI is InChI=1S/C13H15ClN2O/c1-8-6-10(8)13(17)16-5-4-11-9(7-16)2-3-12(14)15-11/h2-3,8,10H,4-7H2,1H3. The highest BCUT2D eigenvalue weighted by molar-refractivity contribution is 6.29. The van der Waals surface area contributed by atoms with Crippen LogP contribution in [0.15, 0.2) is 12.1 Å². The summed E-state index contributed by atoms with van der Waals surface area (Å²) in [6.45, 7) is 3.62. The number of hydrogen-bond donors (Lipinski definition) is 0. The van der Waals surface area contributed by atoms with Gasteiger partial charge in [-0.25, -0.2) is 4.98 Å². The van der Waals surface area contributed by atoms with E-state index in [0.717, 1.165) is 30.6 Å². The van der Waals surface area contributed by atoms with Gasteiger partial charge in [0.25, 0.3) is 0 Å². The Morgan fingerprint density at radius 1 is 1.53 bits per heavy atom. The largest absolute Gasteiger partial charge is 0.338 e. The molecule has 3 rings (SSSR count). The molecule has 1 fully saturated rings. The zero-order valence-electron chi connectivity index (χ0n) is 9.82. The van der Waals surface area contributed by atoms with Crippen molar-refractivity contribution in [3.63, 3.8) is 0 Å². The average molecular weight is 251 g/mol. The van der Waals surface area contributed by atoms with Crippen molar-refractivity contribution in [2.24, 2.45) is 11.8 Å². The molecule has 1 aliphatic heterocycles. The van der Waals surface area contributed by atoms with Gasteiger partial charge in [0, 0.05) is 31.1 Å². The van der Waals surface area contributed by atoms with Gasteiger partial charge in [-0.05, 0) is 24.0 Å². The van der Waals surface area contributed by atoms with E-state index in [9.17, 15) is 4.79 Å². The molecule has 2 unspecified atom stereocenters. The molecular weight excluding hydrogens is 236 g/mol. The van der Waals surface area contributed by atoms with Gasteiger partial charge in [0.2, 0.25) is 5.91 Å². The van der Waals surface area contributed by atoms with Gasteiger partial charge in [-0.2, -0.15) is 0 Å². The van der Waals surface area contributed by atoms with E-state index in [0.29, 0.717) is 23.5 Å². The Hall–Kier alpha value is -1.09. The first-order valence-corrected chi connectivity index (χ1v) is 6.46. The summed E-state index contributed by atoms with van der Waals surface area (Å²) in [5, 5.41) is 0.541. The van der Waals surface area contributed by atoms with Crippen molar-refractivity contribution in [1.82, 2.24) is 9.88 Å². The van der Waals surface area contributed by atoms with Gasteiger partial charge in [-0.1, -0.05) is 24.6 Å². The summed E-state index contributed by atoms with van der Waals surface area (Å²) >= 11 is 5.86. The summed E-state index contributed by atoms with van der Waals surface area (Å²) in [6, 6.07) is 3.79. The summed E-state index contributed by atoms with van der Waals surface area (Å²) in [4.78, 5) is 18.4. The van der Waals surface area contributed by atoms with Crippen molar-refractivity contribution in [3.05, 3.63) is 28.5 Å². The maximum atomic E-state index is 12.1. The third-order valence-corrected chi connectivity index (χ3v) is 3.96. The number of halogens is 1. The lowest BCUT2D eigenvalue weighted by Crippen LogP contribution is -2.37. The molecule has 17 heavy (non-hydrogen) atoms. The summed E-state index contributed by atoms with van der Waals surface area (Å²) in [5.74, 6) is 1.17. The Balaban J connectivity index is 1.76. The molecule has 0 spiro atoms. The van der Waals surface area contributed by atoms with Gasteiger partial charge in [0.05, 0.1) is 0 Å². The third-order valence-electron chi connectivity index (χ3n) is 3.75. The van der Waals surface area contributed by atoms with Crippen molar-refractivity contribution < 1.29 is 4.79 Å². The first-order chi connectivity index (χ1) is 8.15. The fourth-order valence-electron chi connectivity index (χ4n) is 2.48. The zero-order chi connectivity index (χ0) is 12.0. The molecule has 1 aromatic heterocycles. The topological polar surface area (TPSA) is 33.2 Å². The van der Waals surface area contributed by atoms with E-state index < -0.39 is 0 Å². The van der Waals surface area contributed by atoms with E-state index in [2.05, 4.69) is 11.9 Å². The van der Waals surface area contributed by atoms with Crippen molar-refractivity contribution in [1.29, 1.82) is 0 Å². The van der Waals surface area contributed by atoms with Crippen LogP contribution in [-0.2, 0) is 17.8 Å². The molecular formula is C13H15ClN2O. The Morgan fingerprint density at radius 2 is 2.29 bits per heavy atom. The minimum Gasteiger partial charge on any atom is -0.338 e. The first kappa shape index (κ1) is 11.0. The zero-order valence-corrected chi connectivity index (χ0v) is 10.6. The molecule has 4 heteroatoms. The highest BCUT2D eigenvalue weighted by Crippen LogP contribution is 2.39. The van der Waals surface area contributed by atoms with Crippen LogP contribution in [0.25, 0.3) is 0 Å². The Labute approximate surface area is 106 Å². The van der Waals surface area contributed by atoms with Gasteiger partial charge in [0.1, 0.15) is 5.15 Å². The van der Waals surface area contributed by atoms with Crippen LogP contribution < -0.4 is 0 Å². The number of rotatable bonds is 1. The molecule has 0 N–H and O–H groups in total. The molecule has 2 heterocycles. The van der Waals surface area contributed by atoms with E-state index in [1.54, 1.807) is 6.07 Å².